The molecular weight excluding hydrogens is 260 g/mol. The molecule has 0 heterocycles. The van der Waals surface area contributed by atoms with Crippen molar-refractivity contribution < 1.29 is 13.5 Å². The average Bonchev–Trinajstić information content (AvgIpc) is 2.40. The van der Waals surface area contributed by atoms with Crippen LogP contribution < -0.4 is 10.1 Å². The van der Waals surface area contributed by atoms with E-state index in [-0.39, 0.29) is 11.8 Å². The highest BCUT2D eigenvalue weighted by molar-refractivity contribution is 5.29. The fourth-order valence-corrected chi connectivity index (χ4v) is 2.10. The second-order valence-electron chi connectivity index (χ2n) is 4.61. The molecule has 1 unspecified atom stereocenters. The van der Waals surface area contributed by atoms with Crippen LogP contribution in [0.3, 0.4) is 0 Å². The van der Waals surface area contributed by atoms with Gasteiger partial charge in [0.15, 0.2) is 0 Å². The second-order valence-corrected chi connectivity index (χ2v) is 4.61. The molecule has 0 bridgehead atoms. The van der Waals surface area contributed by atoms with Gasteiger partial charge in [0, 0.05) is 18.2 Å². The lowest BCUT2D eigenvalue weighted by molar-refractivity contribution is 0.270. The summed E-state index contributed by atoms with van der Waals surface area (Å²) in [6, 6.07) is 11.1. The van der Waals surface area contributed by atoms with Gasteiger partial charge in [-0.1, -0.05) is 24.3 Å². The molecule has 0 fully saturated rings. The molecule has 2 nitrogen and oxygen atoms in total. The van der Waals surface area contributed by atoms with Crippen molar-refractivity contribution in [2.45, 2.75) is 13.0 Å². The summed E-state index contributed by atoms with van der Waals surface area (Å²) in [4.78, 5) is 0. The Labute approximate surface area is 117 Å². The highest BCUT2D eigenvalue weighted by Crippen LogP contribution is 2.20. The molecule has 0 aliphatic carbocycles. The molecule has 2 rings (SSSR count). The van der Waals surface area contributed by atoms with Gasteiger partial charge in [-0.3, -0.25) is 0 Å². The highest BCUT2D eigenvalue weighted by Gasteiger charge is 2.12. The molecule has 0 amide bonds. The normalized spacial score (nSPS) is 12.2. The van der Waals surface area contributed by atoms with Crippen molar-refractivity contribution in [2.75, 3.05) is 13.7 Å². The molecule has 0 saturated heterocycles. The van der Waals surface area contributed by atoms with E-state index in [2.05, 4.69) is 5.32 Å². The standard InChI is InChI=1S/C16H17F2NO/c1-11-5-3-4-6-15(11)16(19-2)10-20-14-8-12(17)7-13(18)9-14/h3-9,16,19H,10H2,1-2H3. The number of aryl methyl sites for hydroxylation is 1. The lowest BCUT2D eigenvalue weighted by Crippen LogP contribution is -2.24. The fourth-order valence-electron chi connectivity index (χ4n) is 2.10. The third-order valence-corrected chi connectivity index (χ3v) is 3.17. The van der Waals surface area contributed by atoms with E-state index in [0.717, 1.165) is 17.2 Å². The van der Waals surface area contributed by atoms with Gasteiger partial charge in [-0.2, -0.15) is 0 Å². The minimum Gasteiger partial charge on any atom is -0.491 e. The first-order valence-corrected chi connectivity index (χ1v) is 6.42. The summed E-state index contributed by atoms with van der Waals surface area (Å²) in [5.74, 6) is -1.09. The summed E-state index contributed by atoms with van der Waals surface area (Å²) in [6.07, 6.45) is 0. The van der Waals surface area contributed by atoms with Crippen molar-refractivity contribution in [1.29, 1.82) is 0 Å². The van der Waals surface area contributed by atoms with Gasteiger partial charge in [-0.25, -0.2) is 8.78 Å². The largest absolute Gasteiger partial charge is 0.491 e. The van der Waals surface area contributed by atoms with Crippen LogP contribution >= 0.6 is 0 Å². The summed E-state index contributed by atoms with van der Waals surface area (Å²) in [6.45, 7) is 2.31. The smallest absolute Gasteiger partial charge is 0.129 e. The van der Waals surface area contributed by atoms with Gasteiger partial charge in [-0.05, 0) is 25.1 Å². The van der Waals surface area contributed by atoms with E-state index in [1.807, 2.05) is 38.2 Å². The predicted molar refractivity (Wildman–Crippen MR) is 74.8 cm³/mol. The summed E-state index contributed by atoms with van der Waals surface area (Å²) in [5, 5.41) is 3.15. The number of rotatable bonds is 5. The van der Waals surface area contributed by atoms with Crippen molar-refractivity contribution in [2.24, 2.45) is 0 Å². The van der Waals surface area contributed by atoms with E-state index in [1.165, 1.54) is 12.1 Å². The number of ether oxygens (including phenoxy) is 1. The molecule has 0 spiro atoms. The Kier molecular flexibility index (Phi) is 4.69. The Bertz CT molecular complexity index is 566. The van der Waals surface area contributed by atoms with Crippen molar-refractivity contribution in [3.63, 3.8) is 0 Å². The van der Waals surface area contributed by atoms with E-state index >= 15 is 0 Å². The zero-order valence-corrected chi connectivity index (χ0v) is 11.5. The van der Waals surface area contributed by atoms with Crippen LogP contribution in [-0.4, -0.2) is 13.7 Å². The predicted octanol–water partition coefficient (Wildman–Crippen LogP) is 3.61. The fraction of sp³-hybridized carbons (Fsp3) is 0.250. The van der Waals surface area contributed by atoms with Crippen molar-refractivity contribution in [3.05, 3.63) is 65.2 Å². The van der Waals surface area contributed by atoms with Crippen LogP contribution in [0.5, 0.6) is 5.75 Å². The van der Waals surface area contributed by atoms with Crippen LogP contribution in [0, 0.1) is 18.6 Å². The summed E-state index contributed by atoms with van der Waals surface area (Å²) in [7, 11) is 1.83. The number of benzene rings is 2. The molecule has 2 aromatic carbocycles. The summed E-state index contributed by atoms with van der Waals surface area (Å²) < 4.78 is 31.7. The van der Waals surface area contributed by atoms with E-state index in [1.54, 1.807) is 0 Å². The molecule has 1 N–H and O–H groups in total. The number of nitrogens with one attached hydrogen (secondary N) is 1. The SMILES string of the molecule is CNC(COc1cc(F)cc(F)c1)c1ccccc1C. The summed E-state index contributed by atoms with van der Waals surface area (Å²) >= 11 is 0. The average molecular weight is 277 g/mol. The second kappa shape index (κ2) is 6.48. The Morgan fingerprint density at radius 1 is 1.10 bits per heavy atom. The first-order chi connectivity index (χ1) is 9.60. The zero-order valence-electron chi connectivity index (χ0n) is 11.5. The maximum Gasteiger partial charge on any atom is 0.129 e. The number of halogens is 2. The van der Waals surface area contributed by atoms with E-state index in [9.17, 15) is 8.78 Å². The van der Waals surface area contributed by atoms with Crippen LogP contribution in [0.25, 0.3) is 0 Å². The molecule has 0 saturated carbocycles. The van der Waals surface area contributed by atoms with Gasteiger partial charge in [-0.15, -0.1) is 0 Å². The first kappa shape index (κ1) is 14.5. The maximum absolute atomic E-state index is 13.1. The lowest BCUT2D eigenvalue weighted by atomic mass is 10.0. The van der Waals surface area contributed by atoms with Gasteiger partial charge in [0.25, 0.3) is 0 Å². The maximum atomic E-state index is 13.1. The van der Waals surface area contributed by atoms with Gasteiger partial charge < -0.3 is 10.1 Å². The number of hydrogen-bond donors (Lipinski definition) is 1. The van der Waals surface area contributed by atoms with Crippen molar-refractivity contribution in [3.8, 4) is 5.75 Å². The van der Waals surface area contributed by atoms with Gasteiger partial charge in [0.1, 0.15) is 24.0 Å². The molecule has 0 radical (unpaired) electrons. The zero-order chi connectivity index (χ0) is 14.5. The van der Waals surface area contributed by atoms with Gasteiger partial charge in [0.05, 0.1) is 6.04 Å². The molecule has 106 valence electrons. The highest BCUT2D eigenvalue weighted by atomic mass is 19.1. The molecule has 1 atom stereocenters. The monoisotopic (exact) mass is 277 g/mol. The van der Waals surface area contributed by atoms with Crippen LogP contribution in [0.4, 0.5) is 8.78 Å². The molecule has 0 aromatic heterocycles. The minimum atomic E-state index is -0.642. The molecule has 0 aliphatic rings. The Hall–Kier alpha value is -1.94. The molecule has 20 heavy (non-hydrogen) atoms. The Balaban J connectivity index is 2.10. The lowest BCUT2D eigenvalue weighted by Gasteiger charge is -2.19. The topological polar surface area (TPSA) is 21.3 Å². The Morgan fingerprint density at radius 3 is 2.35 bits per heavy atom. The van der Waals surface area contributed by atoms with Crippen LogP contribution in [0.2, 0.25) is 0 Å². The van der Waals surface area contributed by atoms with Crippen molar-refractivity contribution >= 4 is 0 Å². The third-order valence-electron chi connectivity index (χ3n) is 3.17. The van der Waals surface area contributed by atoms with Gasteiger partial charge in [0.2, 0.25) is 0 Å². The molecule has 4 heteroatoms. The van der Waals surface area contributed by atoms with Crippen molar-refractivity contribution in [1.82, 2.24) is 5.32 Å². The molecule has 2 aromatic rings. The van der Waals surface area contributed by atoms with E-state index in [0.29, 0.717) is 6.61 Å². The first-order valence-electron chi connectivity index (χ1n) is 6.42. The van der Waals surface area contributed by atoms with Gasteiger partial charge >= 0.3 is 0 Å². The van der Waals surface area contributed by atoms with Crippen LogP contribution in [0.1, 0.15) is 17.2 Å². The van der Waals surface area contributed by atoms with Crippen LogP contribution in [0.15, 0.2) is 42.5 Å². The van der Waals surface area contributed by atoms with E-state index in [4.69, 9.17) is 4.74 Å². The molecular formula is C16H17F2NO. The van der Waals surface area contributed by atoms with Crippen LogP contribution in [-0.2, 0) is 0 Å². The number of hydrogen-bond acceptors (Lipinski definition) is 2. The quantitative estimate of drug-likeness (QED) is 0.901. The third kappa shape index (κ3) is 3.54. The minimum absolute atomic E-state index is 0.0393. The summed E-state index contributed by atoms with van der Waals surface area (Å²) in [5.41, 5.74) is 2.24. The number of likely N-dealkylation sites (N-methyl/N-ethyl adjacent to an activating group) is 1. The Morgan fingerprint density at radius 2 is 1.75 bits per heavy atom. The molecule has 0 aliphatic heterocycles. The van der Waals surface area contributed by atoms with E-state index < -0.39 is 11.6 Å².